The molecule has 0 aliphatic rings. The maximum Gasteiger partial charge on any atom is 0.573 e. The predicted octanol–water partition coefficient (Wildman–Crippen LogP) is 5.01. The summed E-state index contributed by atoms with van der Waals surface area (Å²) in [5.74, 6) is -0.790. The molecule has 1 N–H and O–H groups in total. The van der Waals surface area contributed by atoms with E-state index in [9.17, 15) is 23.1 Å². The Labute approximate surface area is 184 Å². The Bertz CT molecular complexity index is 1310. The quantitative estimate of drug-likeness (QED) is 0.454. The standard InChI is InChI=1S/C22H15ClF3N3O3/c23-16-3-1-2-15(11-16)19-10-14(8-9-27-19)12-28-13-20(30)29(21(28)31)17-4-6-18(7-5-17)32-22(24,25)26/h1-11,13,30H,12H2. The van der Waals surface area contributed by atoms with Gasteiger partial charge in [0.05, 0.1) is 24.1 Å². The number of ether oxygens (including phenoxy) is 1. The molecule has 0 aliphatic carbocycles. The summed E-state index contributed by atoms with van der Waals surface area (Å²) in [5.41, 5.74) is 1.86. The van der Waals surface area contributed by atoms with E-state index >= 15 is 0 Å². The van der Waals surface area contributed by atoms with Gasteiger partial charge < -0.3 is 9.84 Å². The van der Waals surface area contributed by atoms with E-state index in [-0.39, 0.29) is 18.1 Å². The van der Waals surface area contributed by atoms with E-state index in [4.69, 9.17) is 11.6 Å². The number of hydrogen-bond acceptors (Lipinski definition) is 4. The number of nitrogens with zero attached hydrogens (tertiary/aromatic N) is 3. The van der Waals surface area contributed by atoms with Gasteiger partial charge in [-0.1, -0.05) is 23.7 Å². The number of hydrogen-bond donors (Lipinski definition) is 1. The molecule has 0 unspecified atom stereocenters. The smallest absolute Gasteiger partial charge is 0.493 e. The van der Waals surface area contributed by atoms with Crippen molar-refractivity contribution in [2.24, 2.45) is 0 Å². The lowest BCUT2D eigenvalue weighted by Gasteiger charge is -2.09. The lowest BCUT2D eigenvalue weighted by molar-refractivity contribution is -0.274. The van der Waals surface area contributed by atoms with Gasteiger partial charge in [-0.2, -0.15) is 0 Å². The topological polar surface area (TPSA) is 69.3 Å². The maximum atomic E-state index is 12.8. The molecule has 0 spiro atoms. The van der Waals surface area contributed by atoms with Gasteiger partial charge >= 0.3 is 12.1 Å². The number of rotatable bonds is 5. The van der Waals surface area contributed by atoms with E-state index in [1.807, 2.05) is 6.07 Å². The molecule has 4 rings (SSSR count). The fourth-order valence-electron chi connectivity index (χ4n) is 3.21. The first-order valence-electron chi connectivity index (χ1n) is 9.28. The van der Waals surface area contributed by atoms with Gasteiger partial charge in [-0.15, -0.1) is 13.2 Å². The second-order valence-corrected chi connectivity index (χ2v) is 7.27. The van der Waals surface area contributed by atoms with Crippen LogP contribution in [0.3, 0.4) is 0 Å². The highest BCUT2D eigenvalue weighted by molar-refractivity contribution is 6.30. The van der Waals surface area contributed by atoms with Crippen LogP contribution in [0, 0.1) is 0 Å². The van der Waals surface area contributed by atoms with Gasteiger partial charge in [0, 0.05) is 16.8 Å². The summed E-state index contributed by atoms with van der Waals surface area (Å²) >= 11 is 6.04. The summed E-state index contributed by atoms with van der Waals surface area (Å²) in [6.07, 6.45) is -1.97. The average molecular weight is 462 g/mol. The zero-order valence-corrected chi connectivity index (χ0v) is 17.0. The fraction of sp³-hybridized carbons (Fsp3) is 0.0909. The van der Waals surface area contributed by atoms with Crippen molar-refractivity contribution in [2.45, 2.75) is 12.9 Å². The first-order valence-corrected chi connectivity index (χ1v) is 9.65. The van der Waals surface area contributed by atoms with E-state index in [2.05, 4.69) is 9.72 Å². The molecular formula is C22H15ClF3N3O3. The predicted molar refractivity (Wildman–Crippen MR) is 112 cm³/mol. The van der Waals surface area contributed by atoms with Crippen molar-refractivity contribution >= 4 is 11.6 Å². The summed E-state index contributed by atoms with van der Waals surface area (Å²) < 4.78 is 43.1. The number of benzene rings is 2. The second-order valence-electron chi connectivity index (χ2n) is 6.83. The molecular weight excluding hydrogens is 447 g/mol. The Morgan fingerprint density at radius 3 is 2.50 bits per heavy atom. The monoisotopic (exact) mass is 461 g/mol. The minimum absolute atomic E-state index is 0.144. The van der Waals surface area contributed by atoms with E-state index in [0.29, 0.717) is 10.7 Å². The highest BCUT2D eigenvalue weighted by atomic mass is 35.5. The zero-order valence-electron chi connectivity index (χ0n) is 16.3. The molecule has 2 heterocycles. The Morgan fingerprint density at radius 1 is 1.06 bits per heavy atom. The molecule has 0 fully saturated rings. The normalized spacial score (nSPS) is 11.5. The van der Waals surface area contributed by atoms with Crippen molar-refractivity contribution in [1.82, 2.24) is 14.1 Å². The van der Waals surface area contributed by atoms with E-state index in [0.717, 1.165) is 27.8 Å². The summed E-state index contributed by atoms with van der Waals surface area (Å²) in [6, 6.07) is 15.3. The molecule has 6 nitrogen and oxygen atoms in total. The molecule has 0 saturated carbocycles. The third-order valence-electron chi connectivity index (χ3n) is 4.56. The molecule has 0 bridgehead atoms. The van der Waals surface area contributed by atoms with E-state index in [1.54, 1.807) is 36.5 Å². The lowest BCUT2D eigenvalue weighted by Crippen LogP contribution is -2.23. The summed E-state index contributed by atoms with van der Waals surface area (Å²) in [4.78, 5) is 17.2. The van der Waals surface area contributed by atoms with Crippen LogP contribution in [0.15, 0.2) is 77.9 Å². The minimum Gasteiger partial charge on any atom is -0.493 e. The Hall–Kier alpha value is -3.72. The van der Waals surface area contributed by atoms with Crippen molar-refractivity contribution in [3.05, 3.63) is 94.1 Å². The zero-order chi connectivity index (χ0) is 22.9. The molecule has 2 aromatic heterocycles. The molecule has 4 aromatic rings. The fourth-order valence-corrected chi connectivity index (χ4v) is 3.40. The van der Waals surface area contributed by atoms with Crippen LogP contribution >= 0.6 is 11.6 Å². The van der Waals surface area contributed by atoms with Crippen molar-refractivity contribution in [2.75, 3.05) is 0 Å². The number of aromatic hydroxyl groups is 1. The van der Waals surface area contributed by atoms with Crippen LogP contribution in [0.4, 0.5) is 13.2 Å². The summed E-state index contributed by atoms with van der Waals surface area (Å²) in [5, 5.41) is 10.8. The molecule has 0 amide bonds. The molecule has 0 saturated heterocycles. The minimum atomic E-state index is -4.82. The van der Waals surface area contributed by atoms with E-state index in [1.165, 1.54) is 22.9 Å². The van der Waals surface area contributed by atoms with Gasteiger partial charge in [-0.3, -0.25) is 9.55 Å². The third kappa shape index (κ3) is 4.78. The van der Waals surface area contributed by atoms with Gasteiger partial charge in [0.15, 0.2) is 0 Å². The number of imidazole rings is 1. The third-order valence-corrected chi connectivity index (χ3v) is 4.80. The lowest BCUT2D eigenvalue weighted by atomic mass is 10.1. The van der Waals surface area contributed by atoms with Gasteiger partial charge in [0.25, 0.3) is 0 Å². The van der Waals surface area contributed by atoms with Gasteiger partial charge in [-0.05, 0) is 54.1 Å². The molecule has 0 aliphatic heterocycles. The first-order chi connectivity index (χ1) is 15.2. The Morgan fingerprint density at radius 2 is 1.81 bits per heavy atom. The molecule has 2 aromatic carbocycles. The highest BCUT2D eigenvalue weighted by Gasteiger charge is 2.31. The SMILES string of the molecule is O=c1n(Cc2ccnc(-c3cccc(Cl)c3)c2)cc(O)n1-c1ccc(OC(F)(F)F)cc1. The maximum absolute atomic E-state index is 12.8. The van der Waals surface area contributed by atoms with Crippen LogP contribution in [0.25, 0.3) is 16.9 Å². The number of pyridine rings is 1. The number of alkyl halides is 3. The van der Waals surface area contributed by atoms with Crippen molar-refractivity contribution < 1.29 is 23.0 Å². The molecule has 10 heteroatoms. The van der Waals surface area contributed by atoms with Crippen molar-refractivity contribution in [3.63, 3.8) is 0 Å². The molecule has 164 valence electrons. The Balaban J connectivity index is 1.60. The van der Waals surface area contributed by atoms with Crippen LogP contribution in [0.2, 0.25) is 5.02 Å². The second kappa shape index (κ2) is 8.43. The van der Waals surface area contributed by atoms with Crippen LogP contribution in [-0.4, -0.2) is 25.6 Å². The number of aromatic nitrogens is 3. The van der Waals surface area contributed by atoms with Gasteiger partial charge in [0.2, 0.25) is 5.88 Å². The van der Waals surface area contributed by atoms with Crippen LogP contribution in [0.1, 0.15) is 5.56 Å². The first kappa shape index (κ1) is 21.5. The van der Waals surface area contributed by atoms with Crippen molar-refractivity contribution in [1.29, 1.82) is 0 Å². The summed E-state index contributed by atoms with van der Waals surface area (Å²) in [6.45, 7) is 0.144. The average Bonchev–Trinajstić information content (AvgIpc) is 3.01. The summed E-state index contributed by atoms with van der Waals surface area (Å²) in [7, 11) is 0. The molecule has 32 heavy (non-hydrogen) atoms. The molecule has 0 radical (unpaired) electrons. The Kier molecular flexibility index (Phi) is 5.67. The van der Waals surface area contributed by atoms with Crippen LogP contribution < -0.4 is 10.4 Å². The van der Waals surface area contributed by atoms with Crippen LogP contribution in [-0.2, 0) is 6.54 Å². The van der Waals surface area contributed by atoms with Gasteiger partial charge in [-0.25, -0.2) is 9.36 Å². The molecule has 0 atom stereocenters. The van der Waals surface area contributed by atoms with Crippen molar-refractivity contribution in [3.8, 4) is 28.6 Å². The van der Waals surface area contributed by atoms with Crippen LogP contribution in [0.5, 0.6) is 11.6 Å². The highest BCUT2D eigenvalue weighted by Crippen LogP contribution is 2.25. The number of halogens is 4. The largest absolute Gasteiger partial charge is 0.573 e. The van der Waals surface area contributed by atoms with Gasteiger partial charge in [0.1, 0.15) is 5.75 Å². The van der Waals surface area contributed by atoms with E-state index < -0.39 is 17.8 Å².